The van der Waals surface area contributed by atoms with E-state index < -0.39 is 6.09 Å². The van der Waals surface area contributed by atoms with E-state index in [1.807, 2.05) is 66.2 Å². The number of nitrogens with one attached hydrogen (secondary N) is 2. The van der Waals surface area contributed by atoms with Gasteiger partial charge >= 0.3 is 6.09 Å². The van der Waals surface area contributed by atoms with Crippen LogP contribution in [0.4, 0.5) is 10.5 Å². The predicted molar refractivity (Wildman–Crippen MR) is 145 cm³/mol. The van der Waals surface area contributed by atoms with Gasteiger partial charge in [-0.15, -0.1) is 0 Å². The number of aryl methyl sites for hydroxylation is 1. The Labute approximate surface area is 221 Å². The van der Waals surface area contributed by atoms with Gasteiger partial charge in [0.2, 0.25) is 0 Å². The van der Waals surface area contributed by atoms with E-state index in [0.717, 1.165) is 47.5 Å². The van der Waals surface area contributed by atoms with Gasteiger partial charge in [0.15, 0.2) is 0 Å². The molecule has 9 nitrogen and oxygen atoms in total. The second-order valence-electron chi connectivity index (χ2n) is 9.58. The Balaban J connectivity index is 1.39. The van der Waals surface area contributed by atoms with Crippen molar-refractivity contribution in [1.82, 2.24) is 24.8 Å². The molecular formula is C29H30N6O3. The number of piperidine rings is 1. The molecule has 2 aromatic carbocycles. The summed E-state index contributed by atoms with van der Waals surface area (Å²) >= 11 is 0. The van der Waals surface area contributed by atoms with E-state index in [0.29, 0.717) is 24.5 Å². The summed E-state index contributed by atoms with van der Waals surface area (Å²) in [6.45, 7) is 4.07. The second-order valence-corrected chi connectivity index (χ2v) is 9.58. The van der Waals surface area contributed by atoms with Crippen LogP contribution >= 0.6 is 0 Å². The van der Waals surface area contributed by atoms with Gasteiger partial charge in [-0.1, -0.05) is 30.3 Å². The fraction of sp³-hybridized carbons (Fsp3) is 0.241. The minimum atomic E-state index is -0.996. The molecule has 0 saturated carbocycles. The lowest BCUT2D eigenvalue weighted by Gasteiger charge is -2.32. The average Bonchev–Trinajstić information content (AvgIpc) is 3.35. The molecule has 0 bridgehead atoms. The zero-order valence-corrected chi connectivity index (χ0v) is 21.2. The van der Waals surface area contributed by atoms with Crippen molar-refractivity contribution in [2.24, 2.45) is 0 Å². The van der Waals surface area contributed by atoms with Gasteiger partial charge in [-0.05, 0) is 73.3 Å². The van der Waals surface area contributed by atoms with Gasteiger partial charge < -0.3 is 20.3 Å². The van der Waals surface area contributed by atoms with Crippen LogP contribution in [0.1, 0.15) is 34.6 Å². The molecule has 9 heteroatoms. The molecule has 38 heavy (non-hydrogen) atoms. The number of benzene rings is 2. The molecule has 5 rings (SSSR count). The highest BCUT2D eigenvalue weighted by Gasteiger charge is 2.22. The largest absolute Gasteiger partial charge is 0.465 e. The number of pyridine rings is 1. The monoisotopic (exact) mass is 510 g/mol. The first-order valence-electron chi connectivity index (χ1n) is 12.6. The lowest BCUT2D eigenvalue weighted by molar-refractivity contribution is 0.102. The Morgan fingerprint density at radius 1 is 1.05 bits per heavy atom. The Morgan fingerprint density at radius 3 is 2.66 bits per heavy atom. The van der Waals surface area contributed by atoms with Crippen molar-refractivity contribution in [3.63, 3.8) is 0 Å². The fourth-order valence-electron chi connectivity index (χ4n) is 4.86. The molecule has 2 aromatic heterocycles. The van der Waals surface area contributed by atoms with Crippen LogP contribution in [0, 0.1) is 6.92 Å². The Hall–Kier alpha value is -4.50. The van der Waals surface area contributed by atoms with Crippen molar-refractivity contribution < 1.29 is 14.7 Å². The second kappa shape index (κ2) is 11.3. The molecule has 3 N–H and O–H groups in total. The summed E-state index contributed by atoms with van der Waals surface area (Å²) in [5.41, 5.74) is 5.69. The third-order valence-corrected chi connectivity index (χ3v) is 6.58. The highest BCUT2D eigenvalue weighted by atomic mass is 16.4. The third kappa shape index (κ3) is 6.24. The molecule has 1 fully saturated rings. The first-order valence-corrected chi connectivity index (χ1v) is 12.6. The van der Waals surface area contributed by atoms with Crippen molar-refractivity contribution >= 4 is 17.7 Å². The number of anilines is 1. The first-order chi connectivity index (χ1) is 18.4. The number of carbonyl (C=O) groups excluding carboxylic acids is 1. The number of nitrogens with zero attached hydrogens (tertiary/aromatic N) is 4. The average molecular weight is 511 g/mol. The van der Waals surface area contributed by atoms with Crippen LogP contribution in [0.25, 0.3) is 16.8 Å². The van der Waals surface area contributed by atoms with E-state index in [-0.39, 0.29) is 11.9 Å². The minimum Gasteiger partial charge on any atom is -0.465 e. The number of aromatic nitrogens is 3. The van der Waals surface area contributed by atoms with E-state index >= 15 is 0 Å². The van der Waals surface area contributed by atoms with Crippen LogP contribution in [-0.4, -0.2) is 55.7 Å². The molecule has 0 spiro atoms. The van der Waals surface area contributed by atoms with Crippen molar-refractivity contribution in [3.8, 4) is 16.8 Å². The maximum absolute atomic E-state index is 13.2. The normalized spacial score (nSPS) is 15.7. The molecule has 3 heterocycles. The van der Waals surface area contributed by atoms with E-state index in [1.165, 1.54) is 0 Å². The SMILES string of the molecule is Cc1cn(-c2cc(CN3CCCC(NC(=O)O)C3)cc(NC(=O)c3cc(-c4ccccc4)ccn3)c2)cn1. The number of rotatable bonds is 7. The number of hydrogen-bond donors (Lipinski definition) is 3. The number of carbonyl (C=O) groups is 2. The van der Waals surface area contributed by atoms with Gasteiger partial charge in [-0.3, -0.25) is 14.7 Å². The maximum Gasteiger partial charge on any atom is 0.404 e. The maximum atomic E-state index is 13.2. The van der Waals surface area contributed by atoms with Crippen molar-refractivity contribution in [3.05, 3.63) is 96.3 Å². The number of amides is 2. The topological polar surface area (TPSA) is 112 Å². The molecule has 0 aliphatic carbocycles. The Kier molecular flexibility index (Phi) is 7.46. The van der Waals surface area contributed by atoms with Crippen LogP contribution in [0.3, 0.4) is 0 Å². The number of likely N-dealkylation sites (tertiary alicyclic amines) is 1. The first kappa shape index (κ1) is 25.2. The molecule has 2 amide bonds. The summed E-state index contributed by atoms with van der Waals surface area (Å²) in [6, 6.07) is 19.4. The van der Waals surface area contributed by atoms with Crippen LogP contribution in [-0.2, 0) is 6.54 Å². The lowest BCUT2D eigenvalue weighted by atomic mass is 10.0. The third-order valence-electron chi connectivity index (χ3n) is 6.58. The molecule has 0 radical (unpaired) electrons. The van der Waals surface area contributed by atoms with Crippen LogP contribution in [0.2, 0.25) is 0 Å². The molecule has 194 valence electrons. The summed E-state index contributed by atoms with van der Waals surface area (Å²) in [5.74, 6) is -0.295. The quantitative estimate of drug-likeness (QED) is 0.331. The summed E-state index contributed by atoms with van der Waals surface area (Å²) < 4.78 is 1.92. The molecule has 1 unspecified atom stereocenters. The summed E-state index contributed by atoms with van der Waals surface area (Å²) in [7, 11) is 0. The highest BCUT2D eigenvalue weighted by Crippen LogP contribution is 2.23. The van der Waals surface area contributed by atoms with Crippen molar-refractivity contribution in [1.29, 1.82) is 0 Å². The lowest BCUT2D eigenvalue weighted by Crippen LogP contribution is -2.46. The predicted octanol–water partition coefficient (Wildman–Crippen LogP) is 4.73. The van der Waals surface area contributed by atoms with Gasteiger partial charge in [0.05, 0.1) is 12.0 Å². The Bertz CT molecular complexity index is 1440. The van der Waals surface area contributed by atoms with Gasteiger partial charge in [0.1, 0.15) is 5.69 Å². The van der Waals surface area contributed by atoms with Crippen LogP contribution in [0.5, 0.6) is 0 Å². The molecule has 1 aliphatic heterocycles. The van der Waals surface area contributed by atoms with Crippen molar-refractivity contribution in [2.45, 2.75) is 32.4 Å². The highest BCUT2D eigenvalue weighted by molar-refractivity contribution is 6.03. The molecule has 1 saturated heterocycles. The summed E-state index contributed by atoms with van der Waals surface area (Å²) in [5, 5.41) is 14.7. The zero-order valence-electron chi connectivity index (χ0n) is 21.2. The summed E-state index contributed by atoms with van der Waals surface area (Å²) in [4.78, 5) is 35.2. The van der Waals surface area contributed by atoms with Gasteiger partial charge in [-0.2, -0.15) is 0 Å². The standard InChI is InChI=1S/C29H30N6O3/c1-20-16-35(19-31-20)26-13-21(17-34-11-5-8-24(18-34)33-29(37)38)12-25(15-26)32-28(36)27-14-23(9-10-30-27)22-6-3-2-4-7-22/h2-4,6-7,9-10,12-16,19,24,33H,5,8,11,17-18H2,1H3,(H,32,36)(H,37,38). The van der Waals surface area contributed by atoms with Crippen LogP contribution < -0.4 is 10.6 Å². The number of carboxylic acid groups (broad SMARTS) is 1. The summed E-state index contributed by atoms with van der Waals surface area (Å²) in [6.07, 6.45) is 6.07. The minimum absolute atomic E-state index is 0.0946. The fourth-order valence-corrected chi connectivity index (χ4v) is 4.86. The molecule has 1 atom stereocenters. The molecule has 1 aliphatic rings. The zero-order chi connectivity index (χ0) is 26.5. The van der Waals surface area contributed by atoms with E-state index in [2.05, 4.69) is 31.6 Å². The molecule has 4 aromatic rings. The van der Waals surface area contributed by atoms with Gasteiger partial charge in [-0.25, -0.2) is 9.78 Å². The Morgan fingerprint density at radius 2 is 1.89 bits per heavy atom. The smallest absolute Gasteiger partial charge is 0.404 e. The molecular weight excluding hydrogens is 480 g/mol. The van der Waals surface area contributed by atoms with Crippen LogP contribution in [0.15, 0.2) is 79.4 Å². The van der Waals surface area contributed by atoms with Crippen molar-refractivity contribution in [2.75, 3.05) is 18.4 Å². The van der Waals surface area contributed by atoms with E-state index in [9.17, 15) is 9.59 Å². The number of hydrogen-bond acceptors (Lipinski definition) is 5. The number of imidazole rings is 1. The van der Waals surface area contributed by atoms with Gasteiger partial charge in [0.25, 0.3) is 5.91 Å². The van der Waals surface area contributed by atoms with E-state index in [1.54, 1.807) is 18.6 Å². The van der Waals surface area contributed by atoms with Gasteiger partial charge in [0, 0.05) is 42.9 Å². The van der Waals surface area contributed by atoms with E-state index in [4.69, 9.17) is 5.11 Å².